The van der Waals surface area contributed by atoms with Crippen molar-refractivity contribution in [1.29, 1.82) is 0 Å². The third-order valence-corrected chi connectivity index (χ3v) is 6.93. The smallest absolute Gasteiger partial charge is 0.154 e. The van der Waals surface area contributed by atoms with Gasteiger partial charge >= 0.3 is 0 Å². The first-order valence-electron chi connectivity index (χ1n) is 11.8. The molecule has 0 fully saturated rings. The Kier molecular flexibility index (Phi) is 10.2. The molecule has 3 aromatic carbocycles. The number of aromatic hydroxyl groups is 2. The fourth-order valence-corrected chi connectivity index (χ4v) is 4.36. The van der Waals surface area contributed by atoms with E-state index in [1.54, 1.807) is 26.5 Å². The van der Waals surface area contributed by atoms with Gasteiger partial charge in [-0.25, -0.2) is 0 Å². The number of nitrogens with zero attached hydrogens (tertiary/aromatic N) is 2. The Morgan fingerprint density at radius 2 is 1.64 bits per heavy atom. The maximum absolute atomic E-state index is 11.2. The molecule has 0 aliphatic carbocycles. The lowest BCUT2D eigenvalue weighted by molar-refractivity contribution is 0.109. The molecule has 1 atom stereocenters. The number of hydrogen-bond donors (Lipinski definition) is 2. The number of phenols is 2. The van der Waals surface area contributed by atoms with Crippen LogP contribution in [-0.4, -0.2) is 61.0 Å². The Morgan fingerprint density at radius 1 is 0.949 bits per heavy atom. The molecule has 1 heterocycles. The molecule has 0 aliphatic heterocycles. The van der Waals surface area contributed by atoms with Crippen molar-refractivity contribution in [1.82, 2.24) is 9.88 Å². The lowest BCUT2D eigenvalue weighted by Crippen LogP contribution is -2.11. The standard InChI is InChI=1S/C18H13ClNO4P.C11H17NO2/c19-14-5-9(1-2-15(14)25)3-10-4-11-16(20-6-10)18(24)13(8-22)12(7-21)17(11)23;1-12(2)8-9-5-6-10(13-3)7-11(9)14-4/h1-2,4-8,23-24H,3,25H2;5-7H,8H2,1-4H3. The lowest BCUT2D eigenvalue weighted by Gasteiger charge is -2.14. The highest BCUT2D eigenvalue weighted by molar-refractivity contribution is 7.28. The van der Waals surface area contributed by atoms with Crippen molar-refractivity contribution < 1.29 is 29.3 Å². The van der Waals surface area contributed by atoms with Crippen molar-refractivity contribution in [3.63, 3.8) is 0 Å². The molecule has 10 heteroatoms. The summed E-state index contributed by atoms with van der Waals surface area (Å²) in [5.74, 6) is 0.895. The number of benzene rings is 3. The van der Waals surface area contributed by atoms with Gasteiger partial charge in [-0.15, -0.1) is 9.24 Å². The minimum absolute atomic E-state index is 0.0623. The summed E-state index contributed by atoms with van der Waals surface area (Å²) in [5, 5.41) is 22.2. The van der Waals surface area contributed by atoms with Gasteiger partial charge in [-0.3, -0.25) is 14.6 Å². The number of carbonyl (C=O) groups is 2. The number of pyridine rings is 1. The van der Waals surface area contributed by atoms with Crippen LogP contribution in [0.2, 0.25) is 5.02 Å². The summed E-state index contributed by atoms with van der Waals surface area (Å²) in [7, 11) is 9.93. The first-order valence-corrected chi connectivity index (χ1v) is 12.7. The molecule has 8 nitrogen and oxygen atoms in total. The number of halogens is 1. The van der Waals surface area contributed by atoms with E-state index in [2.05, 4.69) is 19.1 Å². The Labute approximate surface area is 234 Å². The minimum Gasteiger partial charge on any atom is -0.506 e. The van der Waals surface area contributed by atoms with Crippen LogP contribution in [0.15, 0.2) is 48.7 Å². The van der Waals surface area contributed by atoms with E-state index in [0.717, 1.165) is 34.5 Å². The number of carbonyl (C=O) groups excluding carboxylic acids is 2. The third kappa shape index (κ3) is 7.03. The topological polar surface area (TPSA) is 109 Å². The van der Waals surface area contributed by atoms with E-state index in [-0.39, 0.29) is 27.8 Å². The Bertz CT molecular complexity index is 1510. The monoisotopic (exact) mass is 568 g/mol. The van der Waals surface area contributed by atoms with Crippen LogP contribution in [0, 0.1) is 0 Å². The molecular formula is C29H30ClN2O6P. The highest BCUT2D eigenvalue weighted by atomic mass is 35.5. The van der Waals surface area contributed by atoms with Crippen LogP contribution < -0.4 is 14.8 Å². The van der Waals surface area contributed by atoms with Crippen LogP contribution >= 0.6 is 20.8 Å². The van der Waals surface area contributed by atoms with Crippen LogP contribution in [-0.2, 0) is 13.0 Å². The SMILES string of the molecule is COc1ccc(CN(C)C)c(OC)c1.O=Cc1c(C=O)c(O)c2ncc(Cc3ccc(P)c(Cl)c3)cc2c1O. The van der Waals surface area contributed by atoms with Gasteiger partial charge in [0.05, 0.1) is 25.3 Å². The molecule has 4 rings (SSSR count). The summed E-state index contributed by atoms with van der Waals surface area (Å²) in [4.78, 5) is 28.5. The zero-order chi connectivity index (χ0) is 28.7. The maximum Gasteiger partial charge on any atom is 0.154 e. The first-order chi connectivity index (χ1) is 18.6. The van der Waals surface area contributed by atoms with Crippen molar-refractivity contribution in [2.75, 3.05) is 28.3 Å². The normalized spacial score (nSPS) is 10.6. The fraction of sp³-hybridized carbons (Fsp3) is 0.207. The molecule has 0 spiro atoms. The summed E-state index contributed by atoms with van der Waals surface area (Å²) in [6, 6.07) is 13.1. The molecule has 2 N–H and O–H groups in total. The van der Waals surface area contributed by atoms with E-state index in [0.29, 0.717) is 24.0 Å². The van der Waals surface area contributed by atoms with E-state index in [4.69, 9.17) is 21.1 Å². The second-order valence-electron chi connectivity index (χ2n) is 8.95. The Balaban J connectivity index is 0.000000255. The number of hydrogen-bond acceptors (Lipinski definition) is 8. The molecule has 4 aromatic rings. The first kappa shape index (κ1) is 29.8. The molecule has 0 saturated heterocycles. The van der Waals surface area contributed by atoms with E-state index >= 15 is 0 Å². The van der Waals surface area contributed by atoms with E-state index < -0.39 is 5.75 Å². The van der Waals surface area contributed by atoms with E-state index in [1.165, 1.54) is 5.56 Å². The third-order valence-electron chi connectivity index (χ3n) is 5.91. The maximum atomic E-state index is 11.2. The average Bonchev–Trinajstić information content (AvgIpc) is 2.92. The number of ether oxygens (including phenoxy) is 2. The van der Waals surface area contributed by atoms with Gasteiger partial charge in [0.25, 0.3) is 0 Å². The van der Waals surface area contributed by atoms with E-state index in [9.17, 15) is 19.8 Å². The van der Waals surface area contributed by atoms with E-state index in [1.807, 2.05) is 50.5 Å². The summed E-state index contributed by atoms with van der Waals surface area (Å²) in [5.41, 5.74) is 2.40. The minimum atomic E-state index is -0.424. The van der Waals surface area contributed by atoms with Crippen LogP contribution in [0.3, 0.4) is 0 Å². The number of aldehydes is 2. The molecule has 0 amide bonds. The highest BCUT2D eigenvalue weighted by Gasteiger charge is 2.19. The zero-order valence-corrected chi connectivity index (χ0v) is 24.0. The van der Waals surface area contributed by atoms with Crippen molar-refractivity contribution in [3.05, 3.63) is 81.5 Å². The molecule has 0 radical (unpaired) electrons. The van der Waals surface area contributed by atoms with Gasteiger partial charge in [-0.05, 0) is 55.1 Å². The average molecular weight is 569 g/mol. The summed E-state index contributed by atoms with van der Waals surface area (Å²) in [6.07, 6.45) is 2.70. The Hall–Kier alpha value is -3.71. The molecule has 0 aliphatic rings. The van der Waals surface area contributed by atoms with Crippen LogP contribution in [0.4, 0.5) is 0 Å². The Morgan fingerprint density at radius 3 is 2.23 bits per heavy atom. The zero-order valence-electron chi connectivity index (χ0n) is 22.1. The molecule has 0 saturated carbocycles. The molecule has 1 unspecified atom stereocenters. The van der Waals surface area contributed by atoms with Crippen molar-refractivity contribution in [2.24, 2.45) is 0 Å². The largest absolute Gasteiger partial charge is 0.506 e. The van der Waals surface area contributed by atoms with Crippen LogP contribution in [0.1, 0.15) is 37.4 Å². The molecule has 0 bridgehead atoms. The predicted octanol–water partition coefficient (Wildman–Crippen LogP) is 4.78. The van der Waals surface area contributed by atoms with Crippen molar-refractivity contribution in [3.8, 4) is 23.0 Å². The summed E-state index contributed by atoms with van der Waals surface area (Å²) < 4.78 is 10.4. The molecule has 1 aromatic heterocycles. The molecule has 204 valence electrons. The fourth-order valence-electron chi connectivity index (χ4n) is 3.98. The van der Waals surface area contributed by atoms with Crippen LogP contribution in [0.5, 0.6) is 23.0 Å². The van der Waals surface area contributed by atoms with Gasteiger partial charge in [-0.2, -0.15) is 0 Å². The van der Waals surface area contributed by atoms with Crippen molar-refractivity contribution in [2.45, 2.75) is 13.0 Å². The lowest BCUT2D eigenvalue weighted by atomic mass is 9.99. The second kappa shape index (κ2) is 13.4. The second-order valence-corrected chi connectivity index (χ2v) is 9.98. The van der Waals surface area contributed by atoms with Gasteiger partial charge in [0.15, 0.2) is 18.3 Å². The van der Waals surface area contributed by atoms with Gasteiger partial charge in [-0.1, -0.05) is 29.8 Å². The van der Waals surface area contributed by atoms with Gasteiger partial charge in [0, 0.05) is 34.8 Å². The predicted molar refractivity (Wildman–Crippen MR) is 156 cm³/mol. The van der Waals surface area contributed by atoms with Gasteiger partial charge < -0.3 is 24.6 Å². The summed E-state index contributed by atoms with van der Waals surface area (Å²) >= 11 is 6.11. The van der Waals surface area contributed by atoms with Gasteiger partial charge in [0.2, 0.25) is 0 Å². The summed E-state index contributed by atoms with van der Waals surface area (Å²) in [6.45, 7) is 0.868. The number of methoxy groups -OCH3 is 2. The van der Waals surface area contributed by atoms with Crippen molar-refractivity contribution >= 4 is 49.6 Å². The van der Waals surface area contributed by atoms with Crippen LogP contribution in [0.25, 0.3) is 10.9 Å². The quantitative estimate of drug-likeness (QED) is 0.178. The number of rotatable bonds is 8. The molecular weight excluding hydrogens is 539 g/mol. The number of fused-ring (bicyclic) bond motifs is 1. The number of phenolic OH excluding ortho intramolecular Hbond substituents is 2. The number of aromatic nitrogens is 1. The molecule has 39 heavy (non-hydrogen) atoms. The van der Waals surface area contributed by atoms with Gasteiger partial charge in [0.1, 0.15) is 22.8 Å². The highest BCUT2D eigenvalue weighted by Crippen LogP contribution is 2.37.